The second-order valence-corrected chi connectivity index (χ2v) is 11.7. The maximum Gasteiger partial charge on any atom is 0.262 e. The second kappa shape index (κ2) is 14.0. The molecule has 0 radical (unpaired) electrons. The molecular weight excluding hydrogens is 540 g/mol. The molecule has 1 aliphatic carbocycles. The Hall–Kier alpha value is -3.37. The largest absolute Gasteiger partial charge is 0.494 e. The van der Waals surface area contributed by atoms with Crippen molar-refractivity contribution in [3.8, 4) is 5.75 Å². The SMILES string of the molecule is CCOc1ccc(NC(=O)CSc2nc3ccccc3c(=O)n2CC2CCC(C(=O)NCC3CCCO3)CC2)cc1. The molecule has 1 saturated heterocycles. The van der Waals surface area contributed by atoms with Crippen molar-refractivity contribution in [2.45, 2.75) is 63.3 Å². The molecule has 9 nitrogen and oxygen atoms in total. The van der Waals surface area contributed by atoms with Gasteiger partial charge < -0.3 is 20.1 Å². The highest BCUT2D eigenvalue weighted by Crippen LogP contribution is 2.31. The number of aromatic nitrogens is 2. The van der Waals surface area contributed by atoms with E-state index in [4.69, 9.17) is 14.5 Å². The van der Waals surface area contributed by atoms with Gasteiger partial charge in [0.1, 0.15) is 5.75 Å². The van der Waals surface area contributed by atoms with Crippen LogP contribution in [0, 0.1) is 11.8 Å². The van der Waals surface area contributed by atoms with Crippen molar-refractivity contribution >= 4 is 40.2 Å². The normalized spacial score (nSPS) is 20.6. The van der Waals surface area contributed by atoms with Gasteiger partial charge in [-0.2, -0.15) is 0 Å². The van der Waals surface area contributed by atoms with Gasteiger partial charge in [0.15, 0.2) is 5.16 Å². The number of hydrogen-bond donors (Lipinski definition) is 2. The van der Waals surface area contributed by atoms with Gasteiger partial charge in [-0.05, 0) is 87.8 Å². The van der Waals surface area contributed by atoms with Crippen LogP contribution in [0.3, 0.4) is 0 Å². The van der Waals surface area contributed by atoms with Gasteiger partial charge in [0, 0.05) is 31.3 Å². The number of thioether (sulfide) groups is 1. The predicted molar refractivity (Wildman–Crippen MR) is 160 cm³/mol. The van der Waals surface area contributed by atoms with Gasteiger partial charge in [-0.3, -0.25) is 19.0 Å². The van der Waals surface area contributed by atoms with Crippen molar-refractivity contribution in [1.29, 1.82) is 0 Å². The minimum Gasteiger partial charge on any atom is -0.494 e. The number of amides is 2. The molecular formula is C31H38N4O5S. The lowest BCUT2D eigenvalue weighted by molar-refractivity contribution is -0.126. The average Bonchev–Trinajstić information content (AvgIpc) is 3.52. The molecule has 2 fully saturated rings. The van der Waals surface area contributed by atoms with E-state index in [0.29, 0.717) is 41.4 Å². The number of ether oxygens (including phenoxy) is 2. The summed E-state index contributed by atoms with van der Waals surface area (Å²) < 4.78 is 12.8. The standard InChI is InChI=1S/C31H38N4O5S/c1-2-39-24-15-13-23(14-16-24)33-28(36)20-41-31-34-27-8-4-3-7-26(27)30(38)35(31)19-21-9-11-22(12-10-21)29(37)32-18-25-6-5-17-40-25/h3-4,7-8,13-16,21-22,25H,2,5-6,9-12,17-20H2,1H3,(H,32,37)(H,33,36). The van der Waals surface area contributed by atoms with Crippen LogP contribution in [0.15, 0.2) is 58.5 Å². The Labute approximate surface area is 244 Å². The number of hydrogen-bond acceptors (Lipinski definition) is 7. The Morgan fingerprint density at radius 2 is 1.85 bits per heavy atom. The third-order valence-electron chi connectivity index (χ3n) is 7.79. The summed E-state index contributed by atoms with van der Waals surface area (Å²) in [7, 11) is 0. The summed E-state index contributed by atoms with van der Waals surface area (Å²) >= 11 is 1.27. The van der Waals surface area contributed by atoms with Gasteiger partial charge in [0.25, 0.3) is 5.56 Å². The van der Waals surface area contributed by atoms with Gasteiger partial charge >= 0.3 is 0 Å². The summed E-state index contributed by atoms with van der Waals surface area (Å²) in [6.07, 6.45) is 5.52. The lowest BCUT2D eigenvalue weighted by atomic mass is 9.81. The van der Waals surface area contributed by atoms with Crippen LogP contribution < -0.4 is 20.9 Å². The highest BCUT2D eigenvalue weighted by Gasteiger charge is 2.28. The van der Waals surface area contributed by atoms with E-state index in [1.54, 1.807) is 22.8 Å². The van der Waals surface area contributed by atoms with E-state index < -0.39 is 0 Å². The Kier molecular flexibility index (Phi) is 9.95. The van der Waals surface area contributed by atoms with Gasteiger partial charge in [-0.25, -0.2) is 4.98 Å². The van der Waals surface area contributed by atoms with E-state index >= 15 is 0 Å². The number of fused-ring (bicyclic) bond motifs is 1. The Balaban J connectivity index is 1.21. The van der Waals surface area contributed by atoms with Crippen LogP contribution in [0.5, 0.6) is 5.75 Å². The molecule has 5 rings (SSSR count). The van der Waals surface area contributed by atoms with Crippen LogP contribution in [-0.4, -0.2) is 53.0 Å². The van der Waals surface area contributed by atoms with Crippen LogP contribution in [0.4, 0.5) is 5.69 Å². The van der Waals surface area contributed by atoms with Crippen LogP contribution in [0.1, 0.15) is 45.4 Å². The minimum absolute atomic E-state index is 0.000698. The molecule has 2 amide bonds. The molecule has 2 aliphatic rings. The van der Waals surface area contributed by atoms with E-state index in [0.717, 1.165) is 50.9 Å². The molecule has 2 aromatic carbocycles. The molecule has 0 bridgehead atoms. The summed E-state index contributed by atoms with van der Waals surface area (Å²) in [6, 6.07) is 14.6. The zero-order chi connectivity index (χ0) is 28.6. The number of nitrogens with zero attached hydrogens (tertiary/aromatic N) is 2. The number of carbonyl (C=O) groups excluding carboxylic acids is 2. The molecule has 1 unspecified atom stereocenters. The van der Waals surface area contributed by atoms with E-state index in [-0.39, 0.29) is 41.1 Å². The summed E-state index contributed by atoms with van der Waals surface area (Å²) in [4.78, 5) is 43.8. The quantitative estimate of drug-likeness (QED) is 0.252. The highest BCUT2D eigenvalue weighted by atomic mass is 32.2. The molecule has 10 heteroatoms. The fraction of sp³-hybridized carbons (Fsp3) is 0.484. The van der Waals surface area contributed by atoms with Gasteiger partial charge in [-0.1, -0.05) is 23.9 Å². The highest BCUT2D eigenvalue weighted by molar-refractivity contribution is 7.99. The number of benzene rings is 2. The fourth-order valence-corrected chi connectivity index (χ4v) is 6.39. The Morgan fingerprint density at radius 3 is 2.59 bits per heavy atom. The number of anilines is 1. The molecule has 218 valence electrons. The molecule has 1 saturated carbocycles. The monoisotopic (exact) mass is 578 g/mol. The molecule has 2 N–H and O–H groups in total. The average molecular weight is 579 g/mol. The maximum absolute atomic E-state index is 13.5. The molecule has 2 heterocycles. The van der Waals surface area contributed by atoms with E-state index in [1.807, 2.05) is 37.3 Å². The van der Waals surface area contributed by atoms with Crippen molar-refractivity contribution in [2.75, 3.05) is 30.8 Å². The number of rotatable bonds is 11. The fourth-order valence-electron chi connectivity index (χ4n) is 5.58. The van der Waals surface area contributed by atoms with Gasteiger partial charge in [-0.15, -0.1) is 0 Å². The summed E-state index contributed by atoms with van der Waals surface area (Å²) in [6.45, 7) is 4.39. The van der Waals surface area contributed by atoms with Crippen LogP contribution >= 0.6 is 11.8 Å². The lowest BCUT2D eigenvalue weighted by Gasteiger charge is -2.29. The molecule has 41 heavy (non-hydrogen) atoms. The first-order valence-electron chi connectivity index (χ1n) is 14.5. The summed E-state index contributed by atoms with van der Waals surface area (Å²) in [5.41, 5.74) is 1.20. The third kappa shape index (κ3) is 7.68. The second-order valence-electron chi connectivity index (χ2n) is 10.7. The summed E-state index contributed by atoms with van der Waals surface area (Å²) in [5.74, 6) is 1.06. The number of carbonyl (C=O) groups is 2. The molecule has 1 aromatic heterocycles. The van der Waals surface area contributed by atoms with Crippen LogP contribution in [0.25, 0.3) is 10.9 Å². The zero-order valence-corrected chi connectivity index (χ0v) is 24.3. The van der Waals surface area contributed by atoms with Gasteiger partial charge in [0.05, 0.1) is 29.4 Å². The minimum atomic E-state index is -0.178. The molecule has 1 aliphatic heterocycles. The zero-order valence-electron chi connectivity index (χ0n) is 23.5. The van der Waals surface area contributed by atoms with Crippen molar-refractivity contribution in [2.24, 2.45) is 11.8 Å². The van der Waals surface area contributed by atoms with E-state index in [9.17, 15) is 14.4 Å². The smallest absolute Gasteiger partial charge is 0.262 e. The Morgan fingerprint density at radius 1 is 1.07 bits per heavy atom. The number of para-hydroxylation sites is 1. The predicted octanol–water partition coefficient (Wildman–Crippen LogP) is 4.63. The lowest BCUT2D eigenvalue weighted by Crippen LogP contribution is -2.38. The van der Waals surface area contributed by atoms with Crippen molar-refractivity contribution in [3.63, 3.8) is 0 Å². The van der Waals surface area contributed by atoms with Crippen molar-refractivity contribution in [1.82, 2.24) is 14.9 Å². The summed E-state index contributed by atoms with van der Waals surface area (Å²) in [5, 5.41) is 7.08. The molecule has 1 atom stereocenters. The first-order valence-corrected chi connectivity index (χ1v) is 15.5. The van der Waals surface area contributed by atoms with Crippen LogP contribution in [-0.2, 0) is 20.9 Å². The third-order valence-corrected chi connectivity index (χ3v) is 8.77. The topological polar surface area (TPSA) is 112 Å². The van der Waals surface area contributed by atoms with Crippen LogP contribution in [0.2, 0.25) is 0 Å². The van der Waals surface area contributed by atoms with E-state index in [2.05, 4.69) is 10.6 Å². The van der Waals surface area contributed by atoms with E-state index in [1.165, 1.54) is 11.8 Å². The number of nitrogens with one attached hydrogen (secondary N) is 2. The first-order chi connectivity index (χ1) is 20.0. The Bertz CT molecular complexity index is 1400. The van der Waals surface area contributed by atoms with Crippen molar-refractivity contribution < 1.29 is 19.1 Å². The maximum atomic E-state index is 13.5. The molecule has 3 aromatic rings. The van der Waals surface area contributed by atoms with Gasteiger partial charge in [0.2, 0.25) is 11.8 Å². The molecule has 0 spiro atoms. The first kappa shape index (κ1) is 29.1. The van der Waals surface area contributed by atoms with Crippen molar-refractivity contribution in [3.05, 3.63) is 58.9 Å².